The molecule has 1 aliphatic carbocycles. The van der Waals surface area contributed by atoms with E-state index < -0.39 is 0 Å². The quantitative estimate of drug-likeness (QED) is 0.585. The van der Waals surface area contributed by atoms with Gasteiger partial charge in [0.15, 0.2) is 0 Å². The van der Waals surface area contributed by atoms with Crippen molar-refractivity contribution < 1.29 is 4.74 Å². The molecular formula is C11H23NO. The number of rotatable bonds is 8. The minimum atomic E-state index is 0.773. The molecule has 2 nitrogen and oxygen atoms in total. The highest BCUT2D eigenvalue weighted by molar-refractivity contribution is 4.86. The molecule has 1 fully saturated rings. The van der Waals surface area contributed by atoms with Crippen LogP contribution in [-0.4, -0.2) is 26.3 Å². The number of methoxy groups -OCH3 is 1. The standard InChI is InChI=1S/C11H23NO/c1-3-8-12-11(10-6-7-10)5-4-9-13-2/h10-12H,3-9H2,1-2H3. The van der Waals surface area contributed by atoms with E-state index in [-0.39, 0.29) is 0 Å². The van der Waals surface area contributed by atoms with Crippen LogP contribution in [0.2, 0.25) is 0 Å². The Bertz CT molecular complexity index is 123. The second kappa shape index (κ2) is 6.39. The fourth-order valence-electron chi connectivity index (χ4n) is 1.78. The Morgan fingerprint density at radius 2 is 2.23 bits per heavy atom. The summed E-state index contributed by atoms with van der Waals surface area (Å²) in [5, 5.41) is 3.63. The van der Waals surface area contributed by atoms with Gasteiger partial charge in [-0.15, -0.1) is 0 Å². The van der Waals surface area contributed by atoms with Crippen LogP contribution >= 0.6 is 0 Å². The molecular weight excluding hydrogens is 162 g/mol. The van der Waals surface area contributed by atoms with Gasteiger partial charge in [-0.1, -0.05) is 6.92 Å². The Balaban J connectivity index is 2.06. The predicted molar refractivity (Wildman–Crippen MR) is 55.9 cm³/mol. The maximum Gasteiger partial charge on any atom is 0.0462 e. The third-order valence-corrected chi connectivity index (χ3v) is 2.71. The van der Waals surface area contributed by atoms with Crippen molar-refractivity contribution in [2.24, 2.45) is 5.92 Å². The molecule has 1 aliphatic rings. The highest BCUT2D eigenvalue weighted by Gasteiger charge is 2.29. The molecule has 2 heteroatoms. The van der Waals surface area contributed by atoms with Gasteiger partial charge in [0.05, 0.1) is 0 Å². The third kappa shape index (κ3) is 4.63. The van der Waals surface area contributed by atoms with Gasteiger partial charge in [-0.25, -0.2) is 0 Å². The van der Waals surface area contributed by atoms with Gasteiger partial charge >= 0.3 is 0 Å². The lowest BCUT2D eigenvalue weighted by molar-refractivity contribution is 0.187. The summed E-state index contributed by atoms with van der Waals surface area (Å²) in [7, 11) is 1.78. The van der Waals surface area contributed by atoms with Crippen LogP contribution in [-0.2, 0) is 4.74 Å². The molecule has 0 bridgehead atoms. The average molecular weight is 185 g/mol. The Kier molecular flexibility index (Phi) is 5.40. The first kappa shape index (κ1) is 11.0. The van der Waals surface area contributed by atoms with Crippen molar-refractivity contribution in [1.29, 1.82) is 0 Å². The molecule has 0 aromatic carbocycles. The molecule has 1 unspecified atom stereocenters. The van der Waals surface area contributed by atoms with Gasteiger partial charge in [0, 0.05) is 19.8 Å². The lowest BCUT2D eigenvalue weighted by atomic mass is 10.1. The Labute approximate surface area is 82.0 Å². The van der Waals surface area contributed by atoms with E-state index in [1.807, 2.05) is 0 Å². The lowest BCUT2D eigenvalue weighted by Crippen LogP contribution is -2.31. The Morgan fingerprint density at radius 1 is 1.46 bits per heavy atom. The minimum absolute atomic E-state index is 0.773. The van der Waals surface area contributed by atoms with Crippen molar-refractivity contribution in [3.63, 3.8) is 0 Å². The van der Waals surface area contributed by atoms with Crippen molar-refractivity contribution in [3.05, 3.63) is 0 Å². The van der Waals surface area contributed by atoms with Crippen LogP contribution in [0.3, 0.4) is 0 Å². The molecule has 0 spiro atoms. The van der Waals surface area contributed by atoms with Gasteiger partial charge in [-0.05, 0) is 44.6 Å². The van der Waals surface area contributed by atoms with E-state index in [9.17, 15) is 0 Å². The van der Waals surface area contributed by atoms with E-state index in [0.717, 1.165) is 18.6 Å². The van der Waals surface area contributed by atoms with Crippen molar-refractivity contribution in [2.45, 2.75) is 45.1 Å². The van der Waals surface area contributed by atoms with E-state index in [2.05, 4.69) is 12.2 Å². The molecule has 0 aliphatic heterocycles. The van der Waals surface area contributed by atoms with Crippen molar-refractivity contribution >= 4 is 0 Å². The zero-order valence-electron chi connectivity index (χ0n) is 9.01. The molecule has 13 heavy (non-hydrogen) atoms. The van der Waals surface area contributed by atoms with E-state index in [1.54, 1.807) is 7.11 Å². The summed E-state index contributed by atoms with van der Waals surface area (Å²) in [4.78, 5) is 0. The third-order valence-electron chi connectivity index (χ3n) is 2.71. The smallest absolute Gasteiger partial charge is 0.0462 e. The monoisotopic (exact) mass is 185 g/mol. The van der Waals surface area contributed by atoms with Crippen LogP contribution in [0, 0.1) is 5.92 Å². The molecule has 0 aromatic heterocycles. The molecule has 1 rings (SSSR count). The normalized spacial score (nSPS) is 18.9. The average Bonchev–Trinajstić information content (AvgIpc) is 2.94. The van der Waals surface area contributed by atoms with Crippen LogP contribution < -0.4 is 5.32 Å². The molecule has 1 atom stereocenters. The molecule has 0 saturated heterocycles. The molecule has 0 amide bonds. The van der Waals surface area contributed by atoms with Crippen molar-refractivity contribution in [2.75, 3.05) is 20.3 Å². The van der Waals surface area contributed by atoms with Crippen LogP contribution in [0.1, 0.15) is 39.0 Å². The Morgan fingerprint density at radius 3 is 2.77 bits per heavy atom. The van der Waals surface area contributed by atoms with Crippen LogP contribution in [0.5, 0.6) is 0 Å². The van der Waals surface area contributed by atoms with E-state index in [0.29, 0.717) is 0 Å². The van der Waals surface area contributed by atoms with Gasteiger partial charge in [0.25, 0.3) is 0 Å². The first-order valence-electron chi connectivity index (χ1n) is 5.60. The number of nitrogens with one attached hydrogen (secondary N) is 1. The highest BCUT2D eigenvalue weighted by atomic mass is 16.5. The van der Waals surface area contributed by atoms with Crippen molar-refractivity contribution in [3.8, 4) is 0 Å². The summed E-state index contributed by atoms with van der Waals surface area (Å²) in [6.45, 7) is 4.32. The van der Waals surface area contributed by atoms with Gasteiger partial charge in [-0.2, -0.15) is 0 Å². The maximum atomic E-state index is 5.07. The lowest BCUT2D eigenvalue weighted by Gasteiger charge is -2.17. The summed E-state index contributed by atoms with van der Waals surface area (Å²) >= 11 is 0. The first-order valence-corrected chi connectivity index (χ1v) is 5.60. The van der Waals surface area contributed by atoms with Gasteiger partial charge in [0.1, 0.15) is 0 Å². The van der Waals surface area contributed by atoms with Gasteiger partial charge in [-0.3, -0.25) is 0 Å². The molecule has 0 aromatic rings. The summed E-state index contributed by atoms with van der Waals surface area (Å²) in [6.07, 6.45) is 6.61. The number of ether oxygens (including phenoxy) is 1. The fourth-order valence-corrected chi connectivity index (χ4v) is 1.78. The minimum Gasteiger partial charge on any atom is -0.385 e. The SMILES string of the molecule is CCCNC(CCCOC)C1CC1. The second-order valence-corrected chi connectivity index (χ2v) is 4.03. The van der Waals surface area contributed by atoms with Crippen LogP contribution in [0.4, 0.5) is 0 Å². The molecule has 0 radical (unpaired) electrons. The van der Waals surface area contributed by atoms with Crippen molar-refractivity contribution in [1.82, 2.24) is 5.32 Å². The molecule has 1 N–H and O–H groups in total. The summed E-state index contributed by atoms with van der Waals surface area (Å²) < 4.78 is 5.07. The second-order valence-electron chi connectivity index (χ2n) is 4.03. The summed E-state index contributed by atoms with van der Waals surface area (Å²) in [6, 6.07) is 0.773. The summed E-state index contributed by atoms with van der Waals surface area (Å²) in [5.41, 5.74) is 0. The van der Waals surface area contributed by atoms with Gasteiger partial charge < -0.3 is 10.1 Å². The zero-order chi connectivity index (χ0) is 9.52. The topological polar surface area (TPSA) is 21.3 Å². The number of hydrogen-bond donors (Lipinski definition) is 1. The predicted octanol–water partition coefficient (Wildman–Crippen LogP) is 2.19. The molecule has 78 valence electrons. The maximum absolute atomic E-state index is 5.07. The first-order chi connectivity index (χ1) is 6.38. The largest absolute Gasteiger partial charge is 0.385 e. The number of hydrogen-bond acceptors (Lipinski definition) is 2. The van der Waals surface area contributed by atoms with E-state index in [1.165, 1.54) is 38.6 Å². The highest BCUT2D eigenvalue weighted by Crippen LogP contribution is 2.34. The zero-order valence-corrected chi connectivity index (χ0v) is 9.01. The molecule has 1 saturated carbocycles. The fraction of sp³-hybridized carbons (Fsp3) is 1.00. The van der Waals surface area contributed by atoms with E-state index >= 15 is 0 Å². The van der Waals surface area contributed by atoms with Gasteiger partial charge in [0.2, 0.25) is 0 Å². The van der Waals surface area contributed by atoms with Crippen LogP contribution in [0.15, 0.2) is 0 Å². The summed E-state index contributed by atoms with van der Waals surface area (Å²) in [5.74, 6) is 0.975. The van der Waals surface area contributed by atoms with E-state index in [4.69, 9.17) is 4.74 Å². The molecule has 0 heterocycles. The Hall–Kier alpha value is -0.0800. The van der Waals surface area contributed by atoms with Crippen LogP contribution in [0.25, 0.3) is 0 Å².